The third-order valence-corrected chi connectivity index (χ3v) is 5.13. The first-order chi connectivity index (χ1) is 14.1. The summed E-state index contributed by atoms with van der Waals surface area (Å²) in [5.41, 5.74) is 1.31. The van der Waals surface area contributed by atoms with Crippen molar-refractivity contribution < 1.29 is 18.7 Å². The third-order valence-electron chi connectivity index (χ3n) is 5.13. The Morgan fingerprint density at radius 3 is 2.66 bits per heavy atom. The zero-order valence-corrected chi connectivity index (χ0v) is 16.1. The van der Waals surface area contributed by atoms with Crippen LogP contribution in [0.3, 0.4) is 0 Å². The number of para-hydroxylation sites is 1. The summed E-state index contributed by atoms with van der Waals surface area (Å²) in [6.45, 7) is 2.28. The highest BCUT2D eigenvalue weighted by Crippen LogP contribution is 2.28. The summed E-state index contributed by atoms with van der Waals surface area (Å²) in [5, 5.41) is 3.05. The Morgan fingerprint density at radius 2 is 1.86 bits per heavy atom. The average Bonchev–Trinajstić information content (AvgIpc) is 2.95. The van der Waals surface area contributed by atoms with Crippen molar-refractivity contribution in [2.45, 2.75) is 32.3 Å². The number of amides is 1. The lowest BCUT2D eigenvalue weighted by molar-refractivity contribution is -0.129. The van der Waals surface area contributed by atoms with Gasteiger partial charge in [-0.1, -0.05) is 36.4 Å². The van der Waals surface area contributed by atoms with E-state index in [0.29, 0.717) is 29.7 Å². The molecule has 2 aromatic carbocycles. The Labute approximate surface area is 167 Å². The monoisotopic (exact) mass is 391 g/mol. The molecule has 1 aromatic heterocycles. The van der Waals surface area contributed by atoms with Crippen molar-refractivity contribution in [3.8, 4) is 11.3 Å². The molecule has 1 fully saturated rings. The molecule has 1 aliphatic heterocycles. The molecule has 0 radical (unpaired) electrons. The van der Waals surface area contributed by atoms with Crippen LogP contribution in [0.15, 0.2) is 57.7 Å². The summed E-state index contributed by atoms with van der Waals surface area (Å²) >= 11 is 0. The van der Waals surface area contributed by atoms with Crippen LogP contribution in [0.5, 0.6) is 0 Å². The first kappa shape index (κ1) is 18.9. The molecule has 1 amide bonds. The molecule has 0 aliphatic carbocycles. The van der Waals surface area contributed by atoms with E-state index in [4.69, 9.17) is 9.15 Å². The number of nitrogens with one attached hydrogen (secondary N) is 1. The minimum absolute atomic E-state index is 0.133. The van der Waals surface area contributed by atoms with Crippen LogP contribution in [0, 0.1) is 6.92 Å². The number of hydrogen-bond donors (Lipinski definition) is 1. The Bertz CT molecular complexity index is 1130. The second-order valence-electron chi connectivity index (χ2n) is 7.11. The fourth-order valence-corrected chi connectivity index (χ4v) is 3.55. The Kier molecular flexibility index (Phi) is 5.16. The first-order valence-electron chi connectivity index (χ1n) is 9.67. The van der Waals surface area contributed by atoms with Gasteiger partial charge in [0, 0.05) is 17.7 Å². The summed E-state index contributed by atoms with van der Waals surface area (Å²) in [6, 6.07) is 14.0. The van der Waals surface area contributed by atoms with E-state index >= 15 is 0 Å². The van der Waals surface area contributed by atoms with E-state index in [1.807, 2.05) is 30.3 Å². The van der Waals surface area contributed by atoms with E-state index in [2.05, 4.69) is 5.32 Å². The van der Waals surface area contributed by atoms with E-state index in [1.165, 1.54) is 0 Å². The van der Waals surface area contributed by atoms with E-state index in [9.17, 15) is 14.4 Å². The minimum Gasteiger partial charge on any atom is -0.455 e. The number of carbonyl (C=O) groups excluding carboxylic acids is 2. The standard InChI is InChI=1S/C23H21NO5/c1-14-19(25)16-10-7-11-17(21(16)29-20(14)15-8-3-2-4-9-15)23(27)28-18-12-5-6-13-24-22(18)26/h2-4,7-11,18H,5-6,12-13H2,1H3,(H,24,26)/t18-/m1/s1. The molecule has 1 aliphatic rings. The quantitative estimate of drug-likeness (QED) is 0.690. The van der Waals surface area contributed by atoms with Gasteiger partial charge < -0.3 is 14.5 Å². The SMILES string of the molecule is Cc1c(-c2ccccc2)oc2c(C(=O)O[C@@H]3CCCCNC3=O)cccc2c1=O. The number of fused-ring (bicyclic) bond motifs is 1. The van der Waals surface area contributed by atoms with Gasteiger partial charge in [0.15, 0.2) is 17.1 Å². The van der Waals surface area contributed by atoms with Crippen molar-refractivity contribution in [3.63, 3.8) is 0 Å². The topological polar surface area (TPSA) is 85.6 Å². The third kappa shape index (κ3) is 3.66. The Balaban J connectivity index is 1.79. The van der Waals surface area contributed by atoms with E-state index < -0.39 is 12.1 Å². The van der Waals surface area contributed by atoms with E-state index in [1.54, 1.807) is 25.1 Å². The maximum atomic E-state index is 12.9. The number of benzene rings is 2. The van der Waals surface area contributed by atoms with Gasteiger partial charge in [0.05, 0.1) is 5.39 Å². The first-order valence-corrected chi connectivity index (χ1v) is 9.67. The molecular formula is C23H21NO5. The van der Waals surface area contributed by atoms with Gasteiger partial charge in [-0.05, 0) is 38.3 Å². The molecule has 4 rings (SSSR count). The van der Waals surface area contributed by atoms with Gasteiger partial charge in [0.1, 0.15) is 11.3 Å². The van der Waals surface area contributed by atoms with E-state index in [0.717, 1.165) is 18.4 Å². The molecule has 29 heavy (non-hydrogen) atoms. The van der Waals surface area contributed by atoms with Crippen LogP contribution in [0.1, 0.15) is 35.2 Å². The number of rotatable bonds is 3. The average molecular weight is 391 g/mol. The molecule has 1 atom stereocenters. The van der Waals surface area contributed by atoms with Crippen LogP contribution in [-0.4, -0.2) is 24.5 Å². The normalized spacial score (nSPS) is 16.9. The fraction of sp³-hybridized carbons (Fsp3) is 0.261. The lowest BCUT2D eigenvalue weighted by atomic mass is 10.0. The van der Waals surface area contributed by atoms with Gasteiger partial charge in [0.25, 0.3) is 5.91 Å². The second-order valence-corrected chi connectivity index (χ2v) is 7.11. The molecule has 2 heterocycles. The van der Waals surface area contributed by atoms with Gasteiger partial charge in [0.2, 0.25) is 0 Å². The summed E-state index contributed by atoms with van der Waals surface area (Å²) in [5.74, 6) is -0.558. The van der Waals surface area contributed by atoms with E-state index in [-0.39, 0.29) is 22.5 Å². The predicted molar refractivity (Wildman–Crippen MR) is 109 cm³/mol. The zero-order chi connectivity index (χ0) is 20.4. The Morgan fingerprint density at radius 1 is 1.07 bits per heavy atom. The molecule has 1 N–H and O–H groups in total. The fourth-order valence-electron chi connectivity index (χ4n) is 3.55. The lowest BCUT2D eigenvalue weighted by Gasteiger charge is -2.15. The van der Waals surface area contributed by atoms with Crippen molar-refractivity contribution >= 4 is 22.8 Å². The smallest absolute Gasteiger partial charge is 0.342 e. The van der Waals surface area contributed by atoms with Gasteiger partial charge in [-0.15, -0.1) is 0 Å². The summed E-state index contributed by atoms with van der Waals surface area (Å²) in [6.07, 6.45) is 1.27. The minimum atomic E-state index is -0.842. The number of ether oxygens (including phenoxy) is 1. The van der Waals surface area contributed by atoms with Crippen LogP contribution >= 0.6 is 0 Å². The van der Waals surface area contributed by atoms with Crippen LogP contribution in [-0.2, 0) is 9.53 Å². The van der Waals surface area contributed by atoms with Crippen LogP contribution in [0.2, 0.25) is 0 Å². The molecule has 1 saturated heterocycles. The van der Waals surface area contributed by atoms with Gasteiger partial charge >= 0.3 is 5.97 Å². The van der Waals surface area contributed by atoms with Gasteiger partial charge in [-0.25, -0.2) is 4.79 Å². The summed E-state index contributed by atoms with van der Waals surface area (Å²) in [7, 11) is 0. The van der Waals surface area contributed by atoms with Crippen molar-refractivity contribution in [3.05, 3.63) is 69.9 Å². The maximum Gasteiger partial charge on any atom is 0.342 e. The van der Waals surface area contributed by atoms with Crippen molar-refractivity contribution in [2.24, 2.45) is 0 Å². The lowest BCUT2D eigenvalue weighted by Crippen LogP contribution is -2.36. The van der Waals surface area contributed by atoms with Crippen molar-refractivity contribution in [1.29, 1.82) is 0 Å². The molecule has 0 bridgehead atoms. The number of carbonyl (C=O) groups is 2. The summed E-state index contributed by atoms with van der Waals surface area (Å²) in [4.78, 5) is 37.9. The van der Waals surface area contributed by atoms with Crippen LogP contribution < -0.4 is 10.7 Å². The number of esters is 1. The largest absolute Gasteiger partial charge is 0.455 e. The molecular weight excluding hydrogens is 370 g/mol. The zero-order valence-electron chi connectivity index (χ0n) is 16.1. The second kappa shape index (κ2) is 7.91. The highest BCUT2D eigenvalue weighted by Gasteiger charge is 2.27. The molecule has 148 valence electrons. The summed E-state index contributed by atoms with van der Waals surface area (Å²) < 4.78 is 11.5. The predicted octanol–water partition coefficient (Wildman–Crippen LogP) is 3.59. The maximum absolute atomic E-state index is 12.9. The molecule has 0 saturated carbocycles. The van der Waals surface area contributed by atoms with Gasteiger partial charge in [-0.3, -0.25) is 9.59 Å². The molecule has 0 unspecified atom stereocenters. The Hall–Kier alpha value is -3.41. The molecule has 6 nitrogen and oxygen atoms in total. The van der Waals surface area contributed by atoms with Crippen LogP contribution in [0.25, 0.3) is 22.3 Å². The number of hydrogen-bond acceptors (Lipinski definition) is 5. The van der Waals surface area contributed by atoms with Gasteiger partial charge in [-0.2, -0.15) is 0 Å². The highest BCUT2D eigenvalue weighted by atomic mass is 16.5. The molecule has 0 spiro atoms. The highest BCUT2D eigenvalue weighted by molar-refractivity contribution is 6.03. The molecule has 6 heteroatoms. The molecule has 3 aromatic rings. The van der Waals surface area contributed by atoms with Crippen LogP contribution in [0.4, 0.5) is 0 Å². The van der Waals surface area contributed by atoms with Crippen molar-refractivity contribution in [1.82, 2.24) is 5.32 Å². The van der Waals surface area contributed by atoms with Crippen molar-refractivity contribution in [2.75, 3.05) is 6.54 Å².